The molecule has 7 heteroatoms. The maximum absolute atomic E-state index is 12.8. The smallest absolute Gasteiger partial charge is 0.256 e. The number of rotatable bonds is 8. The van der Waals surface area contributed by atoms with Crippen LogP contribution in [0.3, 0.4) is 0 Å². The number of ether oxygens (including phenoxy) is 3. The molecule has 1 aliphatic heterocycles. The van der Waals surface area contributed by atoms with Crippen LogP contribution in [0.4, 0.5) is 11.4 Å². The number of imide groups is 1. The van der Waals surface area contributed by atoms with Crippen LogP contribution in [-0.4, -0.2) is 38.2 Å². The molecule has 1 fully saturated rings. The quantitative estimate of drug-likeness (QED) is 0.704. The van der Waals surface area contributed by atoms with Crippen LogP contribution >= 0.6 is 0 Å². The monoisotopic (exact) mass is 384 g/mol. The number of hydrogen-bond acceptors (Lipinski definition) is 6. The van der Waals surface area contributed by atoms with E-state index in [-0.39, 0.29) is 18.2 Å². The number of anilines is 2. The van der Waals surface area contributed by atoms with Crippen molar-refractivity contribution < 1.29 is 23.8 Å². The number of carbonyl (C=O) groups is 2. The second kappa shape index (κ2) is 8.65. The maximum Gasteiger partial charge on any atom is 0.256 e. The Balaban J connectivity index is 1.77. The largest absolute Gasteiger partial charge is 0.497 e. The topological polar surface area (TPSA) is 77.1 Å². The van der Waals surface area contributed by atoms with Gasteiger partial charge in [-0.1, -0.05) is 0 Å². The normalized spacial score (nSPS) is 16.2. The van der Waals surface area contributed by atoms with Crippen molar-refractivity contribution in [1.29, 1.82) is 0 Å². The lowest BCUT2D eigenvalue weighted by Gasteiger charge is -2.17. The van der Waals surface area contributed by atoms with Crippen molar-refractivity contribution in [2.45, 2.75) is 26.3 Å². The van der Waals surface area contributed by atoms with E-state index < -0.39 is 6.04 Å². The summed E-state index contributed by atoms with van der Waals surface area (Å²) in [6.07, 6.45) is 0.0854. The Morgan fingerprint density at radius 1 is 1.00 bits per heavy atom. The lowest BCUT2D eigenvalue weighted by atomic mass is 10.2. The second-order valence-electron chi connectivity index (χ2n) is 6.19. The predicted octanol–water partition coefficient (Wildman–Crippen LogP) is 3.24. The SMILES string of the molecule is CCOc1ccc(N[C@@H]2CC(=O)N(c3ccc(OC)cc3)C2=O)cc1OCC. The molecule has 2 amide bonds. The molecule has 148 valence electrons. The van der Waals surface area contributed by atoms with E-state index in [1.165, 1.54) is 4.90 Å². The van der Waals surface area contributed by atoms with Gasteiger partial charge in [-0.25, -0.2) is 4.90 Å². The highest BCUT2D eigenvalue weighted by molar-refractivity contribution is 6.23. The first-order chi connectivity index (χ1) is 13.6. The van der Waals surface area contributed by atoms with Gasteiger partial charge < -0.3 is 19.5 Å². The first-order valence-electron chi connectivity index (χ1n) is 9.24. The molecule has 0 aliphatic carbocycles. The highest BCUT2D eigenvalue weighted by Gasteiger charge is 2.39. The Morgan fingerprint density at radius 3 is 2.32 bits per heavy atom. The van der Waals surface area contributed by atoms with Crippen LogP contribution in [0.1, 0.15) is 20.3 Å². The van der Waals surface area contributed by atoms with E-state index in [4.69, 9.17) is 14.2 Å². The molecule has 0 saturated carbocycles. The third-order valence-corrected chi connectivity index (χ3v) is 4.36. The molecule has 1 N–H and O–H groups in total. The minimum atomic E-state index is -0.637. The molecule has 2 aromatic carbocycles. The Bertz CT molecular complexity index is 850. The zero-order valence-corrected chi connectivity index (χ0v) is 16.2. The number of benzene rings is 2. The molecule has 0 unspecified atom stereocenters. The standard InChI is InChI=1S/C21H24N2O5/c1-4-27-18-11-6-14(12-19(18)28-5-2)22-17-13-20(24)23(21(17)25)15-7-9-16(26-3)10-8-15/h6-12,17,22H,4-5,13H2,1-3H3/t17-/m1/s1. The van der Waals surface area contributed by atoms with E-state index in [9.17, 15) is 9.59 Å². The van der Waals surface area contributed by atoms with Crippen molar-refractivity contribution in [3.8, 4) is 17.2 Å². The number of methoxy groups -OCH3 is 1. The van der Waals surface area contributed by atoms with Crippen LogP contribution in [0.2, 0.25) is 0 Å². The summed E-state index contributed by atoms with van der Waals surface area (Å²) in [5, 5.41) is 3.14. The fourth-order valence-electron chi connectivity index (χ4n) is 3.09. The van der Waals surface area contributed by atoms with Gasteiger partial charge in [0.2, 0.25) is 5.91 Å². The zero-order chi connectivity index (χ0) is 20.1. The molecule has 0 aromatic heterocycles. The highest BCUT2D eigenvalue weighted by atomic mass is 16.5. The van der Waals surface area contributed by atoms with Gasteiger partial charge in [0.05, 0.1) is 32.4 Å². The van der Waals surface area contributed by atoms with Crippen molar-refractivity contribution in [3.63, 3.8) is 0 Å². The van der Waals surface area contributed by atoms with Gasteiger partial charge >= 0.3 is 0 Å². The van der Waals surface area contributed by atoms with E-state index in [2.05, 4.69) is 5.32 Å². The van der Waals surface area contributed by atoms with Crippen molar-refractivity contribution in [2.24, 2.45) is 0 Å². The van der Waals surface area contributed by atoms with Crippen LogP contribution in [0, 0.1) is 0 Å². The third-order valence-electron chi connectivity index (χ3n) is 4.36. The molecule has 1 heterocycles. The first kappa shape index (κ1) is 19.5. The minimum absolute atomic E-state index is 0.0854. The van der Waals surface area contributed by atoms with E-state index in [0.717, 1.165) is 0 Å². The summed E-state index contributed by atoms with van der Waals surface area (Å²) >= 11 is 0. The van der Waals surface area contributed by atoms with E-state index >= 15 is 0 Å². The van der Waals surface area contributed by atoms with Crippen LogP contribution in [0.25, 0.3) is 0 Å². The predicted molar refractivity (Wildman–Crippen MR) is 106 cm³/mol. The van der Waals surface area contributed by atoms with Crippen molar-refractivity contribution in [2.75, 3.05) is 30.5 Å². The number of amides is 2. The van der Waals surface area contributed by atoms with Crippen molar-refractivity contribution in [3.05, 3.63) is 42.5 Å². The molecule has 7 nitrogen and oxygen atoms in total. The molecule has 3 rings (SSSR count). The summed E-state index contributed by atoms with van der Waals surface area (Å²) in [5.74, 6) is 1.36. The molecule has 1 atom stereocenters. The fourth-order valence-corrected chi connectivity index (χ4v) is 3.09. The molecule has 0 bridgehead atoms. The molecule has 0 radical (unpaired) electrons. The van der Waals surface area contributed by atoms with E-state index in [1.54, 1.807) is 49.6 Å². The number of nitrogens with zero attached hydrogens (tertiary/aromatic N) is 1. The van der Waals surface area contributed by atoms with Crippen molar-refractivity contribution in [1.82, 2.24) is 0 Å². The summed E-state index contributed by atoms with van der Waals surface area (Å²) in [5.41, 5.74) is 1.22. The Labute approximate surface area is 164 Å². The van der Waals surface area contributed by atoms with Gasteiger partial charge in [0.15, 0.2) is 11.5 Å². The van der Waals surface area contributed by atoms with Gasteiger partial charge in [0, 0.05) is 11.8 Å². The lowest BCUT2D eigenvalue weighted by Crippen LogP contribution is -2.34. The minimum Gasteiger partial charge on any atom is -0.497 e. The van der Waals surface area contributed by atoms with E-state index in [0.29, 0.717) is 41.8 Å². The summed E-state index contributed by atoms with van der Waals surface area (Å²) < 4.78 is 16.3. The zero-order valence-electron chi connectivity index (χ0n) is 16.2. The first-order valence-corrected chi connectivity index (χ1v) is 9.24. The Morgan fingerprint density at radius 2 is 1.68 bits per heavy atom. The second-order valence-corrected chi connectivity index (χ2v) is 6.19. The van der Waals surface area contributed by atoms with Gasteiger partial charge in [0.1, 0.15) is 11.8 Å². The van der Waals surface area contributed by atoms with Gasteiger partial charge in [0.25, 0.3) is 5.91 Å². The third kappa shape index (κ3) is 4.03. The number of carbonyl (C=O) groups excluding carboxylic acids is 2. The molecule has 1 aliphatic rings. The lowest BCUT2D eigenvalue weighted by molar-refractivity contribution is -0.121. The van der Waals surface area contributed by atoms with Crippen molar-refractivity contribution >= 4 is 23.2 Å². The molecule has 1 saturated heterocycles. The van der Waals surface area contributed by atoms with E-state index in [1.807, 2.05) is 13.8 Å². The van der Waals surface area contributed by atoms with Crippen LogP contribution in [0.15, 0.2) is 42.5 Å². The summed E-state index contributed by atoms with van der Waals surface area (Å²) in [6, 6.07) is 11.6. The summed E-state index contributed by atoms with van der Waals surface area (Å²) in [7, 11) is 1.56. The molecule has 28 heavy (non-hydrogen) atoms. The number of nitrogens with one attached hydrogen (secondary N) is 1. The Kier molecular flexibility index (Phi) is 6.03. The maximum atomic E-state index is 12.8. The van der Waals surface area contributed by atoms with Gasteiger partial charge in [-0.05, 0) is 50.2 Å². The Hall–Kier alpha value is -3.22. The van der Waals surface area contributed by atoms with Crippen LogP contribution in [-0.2, 0) is 9.59 Å². The fraction of sp³-hybridized carbons (Fsp3) is 0.333. The van der Waals surface area contributed by atoms with Gasteiger partial charge in [-0.2, -0.15) is 0 Å². The molecular formula is C21H24N2O5. The summed E-state index contributed by atoms with van der Waals surface area (Å²) in [6.45, 7) is 4.81. The number of hydrogen-bond donors (Lipinski definition) is 1. The molecule has 0 spiro atoms. The van der Waals surface area contributed by atoms with Crippen LogP contribution in [0.5, 0.6) is 17.2 Å². The highest BCUT2D eigenvalue weighted by Crippen LogP contribution is 2.32. The molecular weight excluding hydrogens is 360 g/mol. The van der Waals surface area contributed by atoms with Crippen LogP contribution < -0.4 is 24.4 Å². The summed E-state index contributed by atoms with van der Waals surface area (Å²) in [4.78, 5) is 26.5. The average Bonchev–Trinajstić information content (AvgIpc) is 2.97. The average molecular weight is 384 g/mol. The van der Waals surface area contributed by atoms with Gasteiger partial charge in [-0.3, -0.25) is 9.59 Å². The molecule has 2 aromatic rings. The van der Waals surface area contributed by atoms with Gasteiger partial charge in [-0.15, -0.1) is 0 Å².